The van der Waals surface area contributed by atoms with Gasteiger partial charge in [-0.05, 0) is 38.5 Å². The summed E-state index contributed by atoms with van der Waals surface area (Å²) in [4.78, 5) is 11.9. The van der Waals surface area contributed by atoms with Gasteiger partial charge >= 0.3 is 0 Å². The standard InChI is InChI=1S/C20H27N5O2/c1-14-18(15-5-6-17(21-13-15)20(2,3)26-4)25-19(23-14)16(7-8-22-25)24-9-11-27-12-10-24/h5-8,13-14,18H,9-12H2,1-4H3. The third-order valence-electron chi connectivity index (χ3n) is 5.52. The van der Waals surface area contributed by atoms with Gasteiger partial charge in [-0.15, -0.1) is 0 Å². The molecule has 4 rings (SSSR count). The van der Waals surface area contributed by atoms with Crippen LogP contribution in [0.15, 0.2) is 40.2 Å². The minimum Gasteiger partial charge on any atom is -0.378 e. The number of hydrogen-bond acceptors (Lipinski definition) is 7. The maximum absolute atomic E-state index is 5.54. The maximum atomic E-state index is 5.54. The normalized spacial score (nSPS) is 25.3. The van der Waals surface area contributed by atoms with E-state index in [1.165, 1.54) is 0 Å². The SMILES string of the molecule is COC(C)(C)c1ccc(C2C(C)N=C3C(N4CCOCC4)=CC=NN32)cn1. The number of nitrogens with zero attached hydrogens (tertiary/aromatic N) is 5. The van der Waals surface area contributed by atoms with Crippen LogP contribution in [0, 0.1) is 0 Å². The first kappa shape index (κ1) is 18.1. The number of allylic oxidation sites excluding steroid dienone is 1. The second-order valence-corrected chi connectivity index (χ2v) is 7.59. The first-order valence-corrected chi connectivity index (χ1v) is 9.47. The van der Waals surface area contributed by atoms with Crippen LogP contribution in [0.5, 0.6) is 0 Å². The highest BCUT2D eigenvalue weighted by atomic mass is 16.5. The molecule has 2 atom stereocenters. The summed E-state index contributed by atoms with van der Waals surface area (Å²) in [6, 6.07) is 4.30. The Kier molecular flexibility index (Phi) is 4.74. The van der Waals surface area contributed by atoms with Gasteiger partial charge in [0.05, 0.1) is 30.6 Å². The fourth-order valence-electron chi connectivity index (χ4n) is 3.73. The Morgan fingerprint density at radius 3 is 2.67 bits per heavy atom. The van der Waals surface area contributed by atoms with Gasteiger partial charge in [-0.1, -0.05) is 6.07 Å². The maximum Gasteiger partial charge on any atom is 0.169 e. The predicted molar refractivity (Wildman–Crippen MR) is 105 cm³/mol. The lowest BCUT2D eigenvalue weighted by molar-refractivity contribution is 0.0154. The Balaban J connectivity index is 1.58. The molecule has 1 aromatic rings. The summed E-state index contributed by atoms with van der Waals surface area (Å²) in [6.45, 7) is 9.44. The largest absolute Gasteiger partial charge is 0.378 e. The number of hydrazone groups is 1. The molecule has 0 bridgehead atoms. The molecule has 0 aromatic carbocycles. The van der Waals surface area contributed by atoms with Crippen LogP contribution < -0.4 is 0 Å². The molecule has 0 aliphatic carbocycles. The number of amidine groups is 1. The van der Waals surface area contributed by atoms with E-state index >= 15 is 0 Å². The van der Waals surface area contributed by atoms with Crippen LogP contribution in [0.25, 0.3) is 0 Å². The first-order chi connectivity index (χ1) is 13.0. The van der Waals surface area contributed by atoms with E-state index < -0.39 is 5.60 Å². The van der Waals surface area contributed by atoms with E-state index in [-0.39, 0.29) is 12.1 Å². The Hall–Kier alpha value is -2.25. The van der Waals surface area contributed by atoms with Crippen molar-refractivity contribution in [1.82, 2.24) is 14.9 Å². The molecule has 4 heterocycles. The Bertz CT molecular complexity index is 778. The van der Waals surface area contributed by atoms with Crippen molar-refractivity contribution in [3.63, 3.8) is 0 Å². The number of ether oxygens (including phenoxy) is 2. The fraction of sp³-hybridized carbons (Fsp3) is 0.550. The molecule has 0 spiro atoms. The highest BCUT2D eigenvalue weighted by Crippen LogP contribution is 2.36. The molecule has 3 aliphatic rings. The molecule has 144 valence electrons. The molecule has 27 heavy (non-hydrogen) atoms. The average Bonchev–Trinajstić information content (AvgIpc) is 3.04. The lowest BCUT2D eigenvalue weighted by Crippen LogP contribution is -2.42. The lowest BCUT2D eigenvalue weighted by Gasteiger charge is -2.35. The fourth-order valence-corrected chi connectivity index (χ4v) is 3.73. The second-order valence-electron chi connectivity index (χ2n) is 7.59. The smallest absolute Gasteiger partial charge is 0.169 e. The Morgan fingerprint density at radius 2 is 2.00 bits per heavy atom. The quantitative estimate of drug-likeness (QED) is 0.815. The number of fused-ring (bicyclic) bond motifs is 1. The molecule has 0 radical (unpaired) electrons. The van der Waals surface area contributed by atoms with Crippen LogP contribution in [0.2, 0.25) is 0 Å². The monoisotopic (exact) mass is 369 g/mol. The molecular formula is C20H27N5O2. The minimum absolute atomic E-state index is 0.0493. The first-order valence-electron chi connectivity index (χ1n) is 9.47. The number of aliphatic imine (C=N–C) groups is 1. The van der Waals surface area contributed by atoms with E-state index in [0.717, 1.165) is 49.1 Å². The van der Waals surface area contributed by atoms with Gasteiger partial charge in [-0.25, -0.2) is 5.01 Å². The van der Waals surface area contributed by atoms with Crippen molar-refractivity contribution in [2.45, 2.75) is 38.5 Å². The van der Waals surface area contributed by atoms with Gasteiger partial charge in [0.15, 0.2) is 5.84 Å². The van der Waals surface area contributed by atoms with Crippen molar-refractivity contribution in [1.29, 1.82) is 0 Å². The van der Waals surface area contributed by atoms with Crippen molar-refractivity contribution in [3.05, 3.63) is 41.4 Å². The molecule has 7 nitrogen and oxygen atoms in total. The number of aromatic nitrogens is 1. The molecule has 0 amide bonds. The van der Waals surface area contributed by atoms with Crippen LogP contribution in [0.1, 0.15) is 38.1 Å². The van der Waals surface area contributed by atoms with Gasteiger partial charge in [0, 0.05) is 32.6 Å². The lowest BCUT2D eigenvalue weighted by atomic mass is 9.99. The van der Waals surface area contributed by atoms with Crippen molar-refractivity contribution in [2.75, 3.05) is 33.4 Å². The molecular weight excluding hydrogens is 342 g/mol. The highest BCUT2D eigenvalue weighted by Gasteiger charge is 2.39. The van der Waals surface area contributed by atoms with Crippen LogP contribution in [-0.4, -0.2) is 66.4 Å². The Morgan fingerprint density at radius 1 is 1.22 bits per heavy atom. The summed E-state index contributed by atoms with van der Waals surface area (Å²) in [6.07, 6.45) is 5.85. The van der Waals surface area contributed by atoms with E-state index in [2.05, 4.69) is 34.1 Å². The number of pyridine rings is 1. The zero-order valence-corrected chi connectivity index (χ0v) is 16.4. The van der Waals surface area contributed by atoms with Crippen molar-refractivity contribution in [3.8, 4) is 0 Å². The summed E-state index contributed by atoms with van der Waals surface area (Å²) >= 11 is 0. The number of methoxy groups -OCH3 is 1. The van der Waals surface area contributed by atoms with Crippen LogP contribution in [0.4, 0.5) is 0 Å². The van der Waals surface area contributed by atoms with E-state index in [9.17, 15) is 0 Å². The molecule has 2 unspecified atom stereocenters. The van der Waals surface area contributed by atoms with Crippen LogP contribution in [-0.2, 0) is 15.1 Å². The van der Waals surface area contributed by atoms with E-state index in [1.54, 1.807) is 7.11 Å². The average molecular weight is 369 g/mol. The number of hydrogen-bond donors (Lipinski definition) is 0. The Labute approximate surface area is 160 Å². The van der Waals surface area contributed by atoms with Crippen molar-refractivity contribution in [2.24, 2.45) is 10.1 Å². The van der Waals surface area contributed by atoms with Crippen molar-refractivity contribution >= 4 is 12.1 Å². The summed E-state index contributed by atoms with van der Waals surface area (Å²) in [7, 11) is 1.71. The van der Waals surface area contributed by atoms with Gasteiger partial charge < -0.3 is 14.4 Å². The summed E-state index contributed by atoms with van der Waals surface area (Å²) in [5.74, 6) is 0.943. The zero-order chi connectivity index (χ0) is 19.0. The zero-order valence-electron chi connectivity index (χ0n) is 16.4. The van der Waals surface area contributed by atoms with Crippen LogP contribution in [0.3, 0.4) is 0 Å². The molecule has 7 heteroatoms. The highest BCUT2D eigenvalue weighted by molar-refractivity contribution is 6.04. The van der Waals surface area contributed by atoms with Gasteiger partial charge in [0.25, 0.3) is 0 Å². The topological polar surface area (TPSA) is 62.6 Å². The number of rotatable bonds is 4. The molecule has 1 aromatic heterocycles. The molecule has 1 fully saturated rings. The minimum atomic E-state index is -0.406. The molecule has 1 saturated heterocycles. The van der Waals surface area contributed by atoms with E-state index in [4.69, 9.17) is 14.5 Å². The summed E-state index contributed by atoms with van der Waals surface area (Å²) in [5, 5.41) is 6.66. The third-order valence-corrected chi connectivity index (χ3v) is 5.52. The predicted octanol–water partition coefficient (Wildman–Crippen LogP) is 2.32. The molecule has 3 aliphatic heterocycles. The van der Waals surface area contributed by atoms with E-state index in [1.807, 2.05) is 37.3 Å². The third kappa shape index (κ3) is 3.26. The summed E-state index contributed by atoms with van der Waals surface area (Å²) in [5.41, 5.74) is 2.75. The van der Waals surface area contributed by atoms with Gasteiger partial charge in [-0.3, -0.25) is 9.98 Å². The van der Waals surface area contributed by atoms with Gasteiger partial charge in [0.1, 0.15) is 11.6 Å². The van der Waals surface area contributed by atoms with Crippen LogP contribution >= 0.6 is 0 Å². The number of morpholine rings is 1. The molecule has 0 saturated carbocycles. The van der Waals surface area contributed by atoms with E-state index in [0.29, 0.717) is 0 Å². The second kappa shape index (κ2) is 7.05. The van der Waals surface area contributed by atoms with Gasteiger partial charge in [0.2, 0.25) is 0 Å². The van der Waals surface area contributed by atoms with Crippen molar-refractivity contribution < 1.29 is 9.47 Å². The summed E-state index contributed by atoms with van der Waals surface area (Å²) < 4.78 is 11.0. The van der Waals surface area contributed by atoms with Gasteiger partial charge in [-0.2, -0.15) is 5.10 Å². The molecule has 0 N–H and O–H groups in total.